The first kappa shape index (κ1) is 22.0. The first-order chi connectivity index (χ1) is 14.5. The third-order valence-electron chi connectivity index (χ3n) is 4.47. The van der Waals surface area contributed by atoms with Crippen molar-refractivity contribution < 1.29 is 14.3 Å². The van der Waals surface area contributed by atoms with Gasteiger partial charge < -0.3 is 15.4 Å². The van der Waals surface area contributed by atoms with Gasteiger partial charge in [0.1, 0.15) is 0 Å². The van der Waals surface area contributed by atoms with Crippen LogP contribution >= 0.6 is 22.9 Å². The lowest BCUT2D eigenvalue weighted by atomic mass is 10.1. The number of anilines is 1. The Morgan fingerprint density at radius 3 is 2.60 bits per heavy atom. The highest BCUT2D eigenvalue weighted by molar-refractivity contribution is 7.12. The summed E-state index contributed by atoms with van der Waals surface area (Å²) in [6.45, 7) is 3.03. The van der Waals surface area contributed by atoms with Gasteiger partial charge in [0.15, 0.2) is 0 Å². The van der Waals surface area contributed by atoms with Gasteiger partial charge in [0.25, 0.3) is 11.8 Å². The summed E-state index contributed by atoms with van der Waals surface area (Å²) in [4.78, 5) is 25.2. The molecule has 1 heterocycles. The lowest BCUT2D eigenvalue weighted by molar-refractivity contribution is 0.0635. The zero-order valence-corrected chi connectivity index (χ0v) is 18.1. The molecule has 3 aromatic rings. The molecule has 0 bridgehead atoms. The Morgan fingerprint density at radius 1 is 1.07 bits per heavy atom. The van der Waals surface area contributed by atoms with Crippen molar-refractivity contribution in [2.24, 2.45) is 0 Å². The van der Waals surface area contributed by atoms with Crippen molar-refractivity contribution in [1.82, 2.24) is 5.32 Å². The van der Waals surface area contributed by atoms with E-state index in [0.717, 1.165) is 5.56 Å². The molecule has 1 aromatic heterocycles. The fraction of sp³-hybridized carbons (Fsp3) is 0.217. The third-order valence-corrected chi connectivity index (χ3v) is 5.66. The van der Waals surface area contributed by atoms with Crippen LogP contribution in [0.4, 0.5) is 5.69 Å². The maximum absolute atomic E-state index is 12.4. The number of benzene rings is 2. The summed E-state index contributed by atoms with van der Waals surface area (Å²) in [5, 5.41) is 7.82. The summed E-state index contributed by atoms with van der Waals surface area (Å²) in [5.74, 6) is -0.483. The van der Waals surface area contributed by atoms with Crippen molar-refractivity contribution >= 4 is 40.4 Å². The smallest absolute Gasteiger partial charge is 0.265 e. The molecular formula is C23H23ClN2O3S. The molecule has 0 saturated heterocycles. The molecule has 5 nitrogen and oxygen atoms in total. The van der Waals surface area contributed by atoms with Gasteiger partial charge in [-0.25, -0.2) is 0 Å². The molecule has 7 heteroatoms. The van der Waals surface area contributed by atoms with Crippen LogP contribution in [0.2, 0.25) is 5.02 Å². The number of carbonyl (C=O) groups excluding carboxylic acids is 2. The summed E-state index contributed by atoms with van der Waals surface area (Å²) in [6, 6.07) is 18.3. The average molecular weight is 443 g/mol. The van der Waals surface area contributed by atoms with E-state index < -0.39 is 0 Å². The molecule has 2 amide bonds. The molecule has 0 aliphatic heterocycles. The van der Waals surface area contributed by atoms with Crippen molar-refractivity contribution in [2.45, 2.75) is 19.4 Å². The quantitative estimate of drug-likeness (QED) is 0.427. The van der Waals surface area contributed by atoms with Crippen LogP contribution in [-0.4, -0.2) is 25.0 Å². The van der Waals surface area contributed by atoms with Gasteiger partial charge in [-0.3, -0.25) is 9.59 Å². The summed E-state index contributed by atoms with van der Waals surface area (Å²) >= 11 is 7.51. The molecule has 0 aliphatic carbocycles. The predicted octanol–water partition coefficient (Wildman–Crippen LogP) is 5.55. The Morgan fingerprint density at radius 2 is 1.87 bits per heavy atom. The van der Waals surface area contributed by atoms with Crippen LogP contribution < -0.4 is 10.6 Å². The standard InChI is InChI=1S/C23H23ClN2O3S/c1-16(17-7-3-2-4-8-17)29-13-6-12-25-22(27)18-10-11-19(24)20(15-18)26-23(28)21-9-5-14-30-21/h2-5,7-11,14-16H,6,12-13H2,1H3,(H,25,27)(H,26,28). The highest BCUT2D eigenvalue weighted by Crippen LogP contribution is 2.24. The third kappa shape index (κ3) is 6.16. The Hall–Kier alpha value is -2.67. The molecule has 2 aromatic carbocycles. The minimum atomic E-state index is -0.255. The molecule has 0 aliphatic rings. The van der Waals surface area contributed by atoms with Gasteiger partial charge in [-0.2, -0.15) is 0 Å². The van der Waals surface area contributed by atoms with Gasteiger partial charge in [-0.15, -0.1) is 11.3 Å². The normalized spacial score (nSPS) is 11.7. The monoisotopic (exact) mass is 442 g/mol. The maximum atomic E-state index is 12.4. The summed E-state index contributed by atoms with van der Waals surface area (Å²) in [6.07, 6.45) is 0.700. The molecular weight excluding hydrogens is 420 g/mol. The number of amides is 2. The number of carbonyl (C=O) groups is 2. The van der Waals surface area contributed by atoms with E-state index in [4.69, 9.17) is 16.3 Å². The van der Waals surface area contributed by atoms with Crippen molar-refractivity contribution in [1.29, 1.82) is 0 Å². The van der Waals surface area contributed by atoms with Crippen molar-refractivity contribution in [3.05, 3.63) is 87.1 Å². The molecule has 2 N–H and O–H groups in total. The molecule has 156 valence electrons. The van der Waals surface area contributed by atoms with Crippen LogP contribution in [-0.2, 0) is 4.74 Å². The molecule has 0 saturated carbocycles. The summed E-state index contributed by atoms with van der Waals surface area (Å²) < 4.78 is 5.81. The van der Waals surface area contributed by atoms with Crippen molar-refractivity contribution in [3.63, 3.8) is 0 Å². The lowest BCUT2D eigenvalue weighted by Crippen LogP contribution is -2.25. The Balaban J connectivity index is 1.46. The number of ether oxygens (including phenoxy) is 1. The molecule has 0 spiro atoms. The Labute approximate surface area is 185 Å². The largest absolute Gasteiger partial charge is 0.374 e. The highest BCUT2D eigenvalue weighted by Gasteiger charge is 2.13. The van der Waals surface area contributed by atoms with E-state index in [-0.39, 0.29) is 17.9 Å². The van der Waals surface area contributed by atoms with Crippen LogP contribution in [0.15, 0.2) is 66.0 Å². The van der Waals surface area contributed by atoms with Gasteiger partial charge in [0.2, 0.25) is 0 Å². The summed E-state index contributed by atoms with van der Waals surface area (Å²) in [5.41, 5.74) is 1.96. The second-order valence-corrected chi connectivity index (χ2v) is 8.01. The zero-order chi connectivity index (χ0) is 21.3. The lowest BCUT2D eigenvalue weighted by Gasteiger charge is -2.13. The van der Waals surface area contributed by atoms with Crippen LogP contribution in [0.3, 0.4) is 0 Å². The first-order valence-corrected chi connectivity index (χ1v) is 10.9. The van der Waals surface area contributed by atoms with Gasteiger partial charge in [0.05, 0.1) is 21.7 Å². The topological polar surface area (TPSA) is 67.4 Å². The van der Waals surface area contributed by atoms with Gasteiger partial charge in [-0.05, 0) is 48.6 Å². The number of hydrogen-bond acceptors (Lipinski definition) is 4. The van der Waals surface area contributed by atoms with Crippen LogP contribution in [0.25, 0.3) is 0 Å². The van der Waals surface area contributed by atoms with Gasteiger partial charge in [-0.1, -0.05) is 48.0 Å². The molecule has 3 rings (SSSR count). The van der Waals surface area contributed by atoms with Gasteiger partial charge in [0, 0.05) is 18.7 Å². The van der Waals surface area contributed by atoms with E-state index in [1.54, 1.807) is 30.3 Å². The second-order valence-electron chi connectivity index (χ2n) is 6.66. The molecule has 1 unspecified atom stereocenters. The highest BCUT2D eigenvalue weighted by atomic mass is 35.5. The van der Waals surface area contributed by atoms with Crippen LogP contribution in [0, 0.1) is 0 Å². The second kappa shape index (κ2) is 10.9. The summed E-state index contributed by atoms with van der Waals surface area (Å²) in [7, 11) is 0. The number of halogens is 1. The van der Waals surface area contributed by atoms with Crippen LogP contribution in [0.5, 0.6) is 0 Å². The number of rotatable bonds is 9. The number of thiophene rings is 1. The van der Waals surface area contributed by atoms with E-state index >= 15 is 0 Å². The Kier molecular flexibility index (Phi) is 8.02. The maximum Gasteiger partial charge on any atom is 0.265 e. The zero-order valence-electron chi connectivity index (χ0n) is 16.6. The Bertz CT molecular complexity index is 977. The van der Waals surface area contributed by atoms with Crippen LogP contribution in [0.1, 0.15) is 45.0 Å². The first-order valence-electron chi connectivity index (χ1n) is 9.64. The fourth-order valence-corrected chi connectivity index (χ4v) is 3.59. The van der Waals surface area contributed by atoms with E-state index in [2.05, 4.69) is 10.6 Å². The number of nitrogens with one attached hydrogen (secondary N) is 2. The number of hydrogen-bond donors (Lipinski definition) is 2. The van der Waals surface area contributed by atoms with E-state index in [1.807, 2.05) is 42.6 Å². The average Bonchev–Trinajstić information content (AvgIpc) is 3.30. The van der Waals surface area contributed by atoms with E-state index in [9.17, 15) is 9.59 Å². The predicted molar refractivity (Wildman–Crippen MR) is 121 cm³/mol. The molecule has 30 heavy (non-hydrogen) atoms. The molecule has 0 radical (unpaired) electrons. The minimum absolute atomic E-state index is 0.00711. The molecule has 0 fully saturated rings. The van der Waals surface area contributed by atoms with E-state index in [1.165, 1.54) is 11.3 Å². The van der Waals surface area contributed by atoms with E-state index in [0.29, 0.717) is 40.7 Å². The SMILES string of the molecule is CC(OCCCNC(=O)c1ccc(Cl)c(NC(=O)c2cccs2)c1)c1ccccc1. The fourth-order valence-electron chi connectivity index (χ4n) is 2.81. The molecule has 1 atom stereocenters. The van der Waals surface area contributed by atoms with Crippen molar-refractivity contribution in [2.75, 3.05) is 18.5 Å². The van der Waals surface area contributed by atoms with Gasteiger partial charge >= 0.3 is 0 Å². The van der Waals surface area contributed by atoms with Crippen molar-refractivity contribution in [3.8, 4) is 0 Å². The minimum Gasteiger partial charge on any atom is -0.374 e.